The molecular formula is C12H16FNO3. The molecule has 0 amide bonds. The lowest BCUT2D eigenvalue weighted by Gasteiger charge is -2.17. The van der Waals surface area contributed by atoms with Crippen LogP contribution in [-0.4, -0.2) is 18.7 Å². The Kier molecular flexibility index (Phi) is 4.75. The first-order valence-electron chi connectivity index (χ1n) is 5.46. The summed E-state index contributed by atoms with van der Waals surface area (Å²) in [5.41, 5.74) is 5.74. The Hall–Kier alpha value is -1.78. The maximum Gasteiger partial charge on any atom is 0.347 e. The van der Waals surface area contributed by atoms with Crippen molar-refractivity contribution in [1.82, 2.24) is 0 Å². The van der Waals surface area contributed by atoms with Crippen molar-refractivity contribution in [2.24, 2.45) is 0 Å². The molecule has 5 heteroatoms. The van der Waals surface area contributed by atoms with Crippen molar-refractivity contribution in [3.05, 3.63) is 24.0 Å². The van der Waals surface area contributed by atoms with E-state index in [0.29, 0.717) is 6.42 Å². The Morgan fingerprint density at radius 1 is 1.47 bits per heavy atom. The standard InChI is InChI=1S/C12H16FNO3/c1-3-10(12(15)16-4-2)17-11-6-5-8(13)7-9(11)14/h5-7,10H,3-4,14H2,1-2H3. The van der Waals surface area contributed by atoms with Crippen LogP contribution >= 0.6 is 0 Å². The Labute approximate surface area is 99.5 Å². The average Bonchev–Trinajstić information content (AvgIpc) is 2.28. The van der Waals surface area contributed by atoms with Crippen molar-refractivity contribution in [3.63, 3.8) is 0 Å². The third-order valence-corrected chi connectivity index (χ3v) is 2.16. The van der Waals surface area contributed by atoms with Crippen molar-refractivity contribution >= 4 is 11.7 Å². The Bertz CT molecular complexity index is 395. The Balaban J connectivity index is 2.77. The van der Waals surface area contributed by atoms with E-state index in [1.165, 1.54) is 12.1 Å². The highest BCUT2D eigenvalue weighted by atomic mass is 19.1. The number of hydrogen-bond donors (Lipinski definition) is 1. The number of esters is 1. The van der Waals surface area contributed by atoms with Gasteiger partial charge >= 0.3 is 5.97 Å². The highest BCUT2D eigenvalue weighted by Gasteiger charge is 2.20. The van der Waals surface area contributed by atoms with Crippen molar-refractivity contribution in [2.75, 3.05) is 12.3 Å². The number of nitrogens with two attached hydrogens (primary N) is 1. The summed E-state index contributed by atoms with van der Waals surface area (Å²) in [5.74, 6) is -0.607. The van der Waals surface area contributed by atoms with E-state index in [-0.39, 0.29) is 18.0 Å². The number of halogens is 1. The van der Waals surface area contributed by atoms with Crippen LogP contribution in [0.2, 0.25) is 0 Å². The molecule has 2 N–H and O–H groups in total. The maximum absolute atomic E-state index is 12.8. The van der Waals surface area contributed by atoms with Gasteiger partial charge in [0.15, 0.2) is 6.10 Å². The van der Waals surface area contributed by atoms with Crippen molar-refractivity contribution in [1.29, 1.82) is 0 Å². The minimum absolute atomic E-state index is 0.160. The van der Waals surface area contributed by atoms with Gasteiger partial charge in [-0.1, -0.05) is 6.92 Å². The quantitative estimate of drug-likeness (QED) is 0.633. The zero-order valence-electron chi connectivity index (χ0n) is 9.90. The normalized spacial score (nSPS) is 11.9. The van der Waals surface area contributed by atoms with Gasteiger partial charge in [0, 0.05) is 6.07 Å². The number of anilines is 1. The average molecular weight is 241 g/mol. The van der Waals surface area contributed by atoms with E-state index >= 15 is 0 Å². The fourth-order valence-electron chi connectivity index (χ4n) is 1.31. The highest BCUT2D eigenvalue weighted by Crippen LogP contribution is 2.23. The molecular weight excluding hydrogens is 225 g/mol. The van der Waals surface area contributed by atoms with E-state index < -0.39 is 17.9 Å². The minimum atomic E-state index is -0.720. The fourth-order valence-corrected chi connectivity index (χ4v) is 1.31. The summed E-state index contributed by atoms with van der Waals surface area (Å²) in [7, 11) is 0. The van der Waals surface area contributed by atoms with Crippen molar-refractivity contribution < 1.29 is 18.7 Å². The van der Waals surface area contributed by atoms with Crippen LogP contribution in [0.25, 0.3) is 0 Å². The molecule has 94 valence electrons. The third-order valence-electron chi connectivity index (χ3n) is 2.16. The van der Waals surface area contributed by atoms with Gasteiger partial charge in [-0.15, -0.1) is 0 Å². The van der Waals surface area contributed by atoms with Crippen molar-refractivity contribution in [3.8, 4) is 5.75 Å². The summed E-state index contributed by atoms with van der Waals surface area (Å²) in [4.78, 5) is 11.5. The van der Waals surface area contributed by atoms with E-state index in [1.54, 1.807) is 13.8 Å². The van der Waals surface area contributed by atoms with Gasteiger partial charge in [0.05, 0.1) is 12.3 Å². The molecule has 0 aliphatic rings. The first-order valence-corrected chi connectivity index (χ1v) is 5.46. The van der Waals surface area contributed by atoms with Gasteiger partial charge in [-0.05, 0) is 25.5 Å². The molecule has 0 aliphatic heterocycles. The molecule has 4 nitrogen and oxygen atoms in total. The molecule has 0 bridgehead atoms. The third kappa shape index (κ3) is 3.62. The summed E-state index contributed by atoms with van der Waals surface area (Å²) in [6.07, 6.45) is -0.266. The molecule has 1 aromatic carbocycles. The lowest BCUT2D eigenvalue weighted by Crippen LogP contribution is -2.29. The van der Waals surface area contributed by atoms with Crippen LogP contribution in [0.5, 0.6) is 5.75 Å². The predicted molar refractivity (Wildman–Crippen MR) is 62.2 cm³/mol. The van der Waals surface area contributed by atoms with Gasteiger partial charge in [-0.2, -0.15) is 0 Å². The number of rotatable bonds is 5. The van der Waals surface area contributed by atoms with Gasteiger partial charge in [-0.25, -0.2) is 9.18 Å². The minimum Gasteiger partial charge on any atom is -0.477 e. The van der Waals surface area contributed by atoms with Gasteiger partial charge in [0.25, 0.3) is 0 Å². The molecule has 1 aromatic rings. The molecule has 1 rings (SSSR count). The molecule has 1 atom stereocenters. The molecule has 17 heavy (non-hydrogen) atoms. The second kappa shape index (κ2) is 6.08. The summed E-state index contributed by atoms with van der Waals surface area (Å²) < 4.78 is 23.1. The summed E-state index contributed by atoms with van der Waals surface area (Å²) in [5, 5.41) is 0. The Morgan fingerprint density at radius 2 is 2.18 bits per heavy atom. The molecule has 0 heterocycles. The van der Waals surface area contributed by atoms with Crippen LogP contribution in [0.4, 0.5) is 10.1 Å². The number of benzene rings is 1. The van der Waals surface area contributed by atoms with Crippen LogP contribution in [0, 0.1) is 5.82 Å². The molecule has 0 saturated heterocycles. The molecule has 0 aromatic heterocycles. The van der Waals surface area contributed by atoms with Crippen molar-refractivity contribution in [2.45, 2.75) is 26.4 Å². The fraction of sp³-hybridized carbons (Fsp3) is 0.417. The molecule has 0 saturated carbocycles. The topological polar surface area (TPSA) is 61.5 Å². The smallest absolute Gasteiger partial charge is 0.347 e. The molecule has 1 unspecified atom stereocenters. The number of carbonyl (C=O) groups is 1. The second-order valence-corrected chi connectivity index (χ2v) is 3.45. The van der Waals surface area contributed by atoms with E-state index in [0.717, 1.165) is 6.07 Å². The van der Waals surface area contributed by atoms with E-state index in [2.05, 4.69) is 0 Å². The lowest BCUT2D eigenvalue weighted by molar-refractivity contribution is -0.151. The summed E-state index contributed by atoms with van der Waals surface area (Å²) in [6.45, 7) is 3.80. The largest absolute Gasteiger partial charge is 0.477 e. The monoisotopic (exact) mass is 241 g/mol. The highest BCUT2D eigenvalue weighted by molar-refractivity contribution is 5.75. The van der Waals surface area contributed by atoms with E-state index in [4.69, 9.17) is 15.2 Å². The van der Waals surface area contributed by atoms with E-state index in [9.17, 15) is 9.18 Å². The summed E-state index contributed by atoms with van der Waals surface area (Å²) >= 11 is 0. The van der Waals surface area contributed by atoms with Gasteiger partial charge in [0.1, 0.15) is 11.6 Å². The SMILES string of the molecule is CCOC(=O)C(CC)Oc1ccc(F)cc1N. The lowest BCUT2D eigenvalue weighted by atomic mass is 10.2. The van der Waals surface area contributed by atoms with Gasteiger partial charge in [0.2, 0.25) is 0 Å². The molecule has 0 spiro atoms. The molecule has 0 fully saturated rings. The van der Waals surface area contributed by atoms with Crippen LogP contribution < -0.4 is 10.5 Å². The van der Waals surface area contributed by atoms with Gasteiger partial charge in [-0.3, -0.25) is 0 Å². The Morgan fingerprint density at radius 3 is 2.71 bits per heavy atom. The second-order valence-electron chi connectivity index (χ2n) is 3.45. The maximum atomic E-state index is 12.8. The zero-order valence-corrected chi connectivity index (χ0v) is 9.90. The van der Waals surface area contributed by atoms with Crippen LogP contribution in [-0.2, 0) is 9.53 Å². The number of nitrogen functional groups attached to an aromatic ring is 1. The zero-order chi connectivity index (χ0) is 12.8. The first kappa shape index (κ1) is 13.3. The van der Waals surface area contributed by atoms with Crippen LogP contribution in [0.3, 0.4) is 0 Å². The van der Waals surface area contributed by atoms with Crippen LogP contribution in [0.1, 0.15) is 20.3 Å². The van der Waals surface area contributed by atoms with E-state index in [1.807, 2.05) is 0 Å². The first-order chi connectivity index (χ1) is 8.08. The molecule has 0 radical (unpaired) electrons. The summed E-state index contributed by atoms with van der Waals surface area (Å²) in [6, 6.07) is 3.77. The number of carbonyl (C=O) groups excluding carboxylic acids is 1. The van der Waals surface area contributed by atoms with Crippen LogP contribution in [0.15, 0.2) is 18.2 Å². The predicted octanol–water partition coefficient (Wildman–Crippen LogP) is 2.13. The number of ether oxygens (including phenoxy) is 2. The number of hydrogen-bond acceptors (Lipinski definition) is 4. The molecule has 0 aliphatic carbocycles. The van der Waals surface area contributed by atoms with Gasteiger partial charge < -0.3 is 15.2 Å².